The van der Waals surface area contributed by atoms with E-state index in [9.17, 15) is 9.59 Å². The third kappa shape index (κ3) is 7.68. The molecule has 1 aromatic heterocycles. The molecular formula is C34H43N3O5S. The maximum Gasteiger partial charge on any atom is 0.404 e. The zero-order valence-electron chi connectivity index (χ0n) is 25.4. The minimum absolute atomic E-state index is 0.0492. The van der Waals surface area contributed by atoms with E-state index < -0.39 is 6.09 Å². The van der Waals surface area contributed by atoms with Crippen molar-refractivity contribution in [1.29, 1.82) is 0 Å². The lowest BCUT2D eigenvalue weighted by Crippen LogP contribution is -2.42. The second-order valence-electron chi connectivity index (χ2n) is 12.0. The van der Waals surface area contributed by atoms with Crippen molar-refractivity contribution in [2.75, 3.05) is 32.2 Å². The van der Waals surface area contributed by atoms with Gasteiger partial charge in [0.1, 0.15) is 5.75 Å². The molecule has 9 heteroatoms. The van der Waals surface area contributed by atoms with Crippen molar-refractivity contribution >= 4 is 29.0 Å². The molecule has 2 fully saturated rings. The number of nitrogens with zero attached hydrogens (tertiary/aromatic N) is 2. The van der Waals surface area contributed by atoms with Crippen LogP contribution in [-0.4, -0.2) is 49.4 Å². The normalized spacial score (nSPS) is 22.0. The predicted octanol–water partition coefficient (Wildman–Crippen LogP) is 7.52. The Kier molecular flexibility index (Phi) is 10.2. The van der Waals surface area contributed by atoms with Gasteiger partial charge in [0.15, 0.2) is 0 Å². The molecule has 0 bridgehead atoms. The number of hydrogen-bond acceptors (Lipinski definition) is 6. The SMILES string of the molecule is COc1ncc(-c2cccc(N(CC3CCC(c4ccc(OC)c(C)c4)CC3)C(=O)C3CCC(CNC(=O)O)CC3)c2)s1. The highest BCUT2D eigenvalue weighted by atomic mass is 32.1. The number of amides is 2. The molecular weight excluding hydrogens is 562 g/mol. The summed E-state index contributed by atoms with van der Waals surface area (Å²) in [4.78, 5) is 32.5. The standard InChI is InChI=1S/C34H43N3O5S/c1-22-17-27(15-16-30(22)41-2)25-11-9-24(10-12-25)21-37(32(38)26-13-7-23(8-14-26)19-35-33(39)40)29-6-4-5-28(18-29)31-20-36-34(42-3)43-31/h4-6,15-18,20,23-26,35H,7-14,19,21H2,1-3H3,(H,39,40). The molecule has 43 heavy (non-hydrogen) atoms. The van der Waals surface area contributed by atoms with Gasteiger partial charge in [-0.1, -0.05) is 35.6 Å². The Morgan fingerprint density at radius 2 is 1.72 bits per heavy atom. The third-order valence-corrected chi connectivity index (χ3v) is 10.3. The topological polar surface area (TPSA) is 101 Å². The Hall–Kier alpha value is -3.59. The summed E-state index contributed by atoms with van der Waals surface area (Å²) in [6.45, 7) is 3.27. The van der Waals surface area contributed by atoms with Crippen LogP contribution in [0.3, 0.4) is 0 Å². The zero-order chi connectivity index (χ0) is 30.3. The van der Waals surface area contributed by atoms with Crippen LogP contribution in [-0.2, 0) is 4.79 Å². The number of ether oxygens (including phenoxy) is 2. The number of hydrogen-bond donors (Lipinski definition) is 2. The first-order valence-electron chi connectivity index (χ1n) is 15.4. The summed E-state index contributed by atoms with van der Waals surface area (Å²) in [5.41, 5.74) is 4.51. The van der Waals surface area contributed by atoms with E-state index in [1.54, 1.807) is 14.2 Å². The molecule has 5 rings (SSSR count). The Labute approximate surface area is 258 Å². The first kappa shape index (κ1) is 30.9. The predicted molar refractivity (Wildman–Crippen MR) is 170 cm³/mol. The number of anilines is 1. The van der Waals surface area contributed by atoms with Crippen LogP contribution >= 0.6 is 11.3 Å². The molecule has 8 nitrogen and oxygen atoms in total. The number of carboxylic acid groups (broad SMARTS) is 1. The molecule has 0 saturated heterocycles. The van der Waals surface area contributed by atoms with Crippen molar-refractivity contribution in [3.63, 3.8) is 0 Å². The van der Waals surface area contributed by atoms with Crippen molar-refractivity contribution in [1.82, 2.24) is 10.3 Å². The summed E-state index contributed by atoms with van der Waals surface area (Å²) in [6, 6.07) is 14.8. The fraction of sp³-hybridized carbons (Fsp3) is 0.500. The molecule has 2 saturated carbocycles. The number of aryl methyl sites for hydroxylation is 1. The Balaban J connectivity index is 1.30. The second-order valence-corrected chi connectivity index (χ2v) is 13.0. The number of aromatic nitrogens is 1. The van der Waals surface area contributed by atoms with Crippen LogP contribution in [0.15, 0.2) is 48.7 Å². The molecule has 0 unspecified atom stereocenters. The lowest BCUT2D eigenvalue weighted by molar-refractivity contribution is -0.123. The van der Waals surface area contributed by atoms with Crippen molar-refractivity contribution in [2.45, 2.75) is 64.2 Å². The molecule has 1 heterocycles. The van der Waals surface area contributed by atoms with E-state index in [1.165, 1.54) is 22.5 Å². The van der Waals surface area contributed by atoms with Crippen LogP contribution in [0.4, 0.5) is 10.5 Å². The lowest BCUT2D eigenvalue weighted by Gasteiger charge is -2.36. The molecule has 2 amide bonds. The molecule has 0 radical (unpaired) electrons. The van der Waals surface area contributed by atoms with Gasteiger partial charge in [-0.3, -0.25) is 4.79 Å². The second kappa shape index (κ2) is 14.3. The van der Waals surface area contributed by atoms with Crippen molar-refractivity contribution < 1.29 is 24.2 Å². The average molecular weight is 606 g/mol. The fourth-order valence-corrected chi connectivity index (χ4v) is 7.52. The highest BCUT2D eigenvalue weighted by Gasteiger charge is 2.33. The molecule has 0 atom stereocenters. The van der Waals surface area contributed by atoms with Crippen molar-refractivity contribution in [2.24, 2.45) is 17.8 Å². The number of methoxy groups -OCH3 is 2. The summed E-state index contributed by atoms with van der Waals surface area (Å²) in [7, 11) is 3.34. The van der Waals surface area contributed by atoms with Crippen LogP contribution in [0.5, 0.6) is 10.9 Å². The summed E-state index contributed by atoms with van der Waals surface area (Å²) < 4.78 is 10.8. The summed E-state index contributed by atoms with van der Waals surface area (Å²) in [6.07, 6.45) is 8.52. The van der Waals surface area contributed by atoms with Gasteiger partial charge >= 0.3 is 6.09 Å². The van der Waals surface area contributed by atoms with Gasteiger partial charge in [-0.05, 0) is 111 Å². The molecule has 2 aromatic carbocycles. The highest BCUT2D eigenvalue weighted by molar-refractivity contribution is 7.16. The van der Waals surface area contributed by atoms with Crippen molar-refractivity contribution in [3.05, 3.63) is 59.8 Å². The maximum absolute atomic E-state index is 14.2. The van der Waals surface area contributed by atoms with Gasteiger partial charge in [0.25, 0.3) is 5.19 Å². The smallest absolute Gasteiger partial charge is 0.404 e. The van der Waals surface area contributed by atoms with Crippen LogP contribution in [0.1, 0.15) is 68.4 Å². The Bertz CT molecular complexity index is 1390. The van der Waals surface area contributed by atoms with Crippen molar-refractivity contribution in [3.8, 4) is 21.4 Å². The van der Waals surface area contributed by atoms with Gasteiger partial charge < -0.3 is 24.8 Å². The molecule has 2 aliphatic carbocycles. The van der Waals surface area contributed by atoms with E-state index in [1.807, 2.05) is 23.2 Å². The van der Waals surface area contributed by atoms with Gasteiger partial charge in [0.05, 0.1) is 19.1 Å². The molecule has 0 spiro atoms. The number of carbonyl (C=O) groups is 2. The first-order valence-corrected chi connectivity index (χ1v) is 16.2. The minimum Gasteiger partial charge on any atom is -0.496 e. The molecule has 2 N–H and O–H groups in total. The number of thiazole rings is 1. The maximum atomic E-state index is 14.2. The van der Waals surface area contributed by atoms with Crippen LogP contribution in [0.25, 0.3) is 10.4 Å². The molecule has 2 aliphatic rings. The minimum atomic E-state index is -0.986. The number of benzene rings is 2. The van der Waals surface area contributed by atoms with Gasteiger partial charge in [-0.15, -0.1) is 0 Å². The van der Waals surface area contributed by atoms with Gasteiger partial charge in [-0.25, -0.2) is 9.78 Å². The first-order chi connectivity index (χ1) is 20.8. The van der Waals surface area contributed by atoms with E-state index in [2.05, 4.69) is 47.6 Å². The van der Waals surface area contributed by atoms with Crippen LogP contribution in [0, 0.1) is 24.7 Å². The molecule has 3 aromatic rings. The molecule has 230 valence electrons. The lowest BCUT2D eigenvalue weighted by atomic mass is 9.77. The van der Waals surface area contributed by atoms with Gasteiger partial charge in [0.2, 0.25) is 5.91 Å². The summed E-state index contributed by atoms with van der Waals surface area (Å²) in [5.74, 6) is 2.32. The van der Waals surface area contributed by atoms with E-state index in [0.717, 1.165) is 73.2 Å². The highest BCUT2D eigenvalue weighted by Crippen LogP contribution is 2.40. The fourth-order valence-electron chi connectivity index (χ4n) is 6.79. The largest absolute Gasteiger partial charge is 0.496 e. The Morgan fingerprint density at radius 1 is 0.977 bits per heavy atom. The third-order valence-electron chi connectivity index (χ3n) is 9.28. The molecule has 0 aliphatic heterocycles. The van der Waals surface area contributed by atoms with E-state index >= 15 is 0 Å². The Morgan fingerprint density at radius 3 is 2.37 bits per heavy atom. The number of carbonyl (C=O) groups excluding carboxylic acids is 1. The summed E-state index contributed by atoms with van der Waals surface area (Å²) in [5, 5.41) is 12.1. The average Bonchev–Trinajstić information content (AvgIpc) is 3.53. The van der Waals surface area contributed by atoms with Crippen LogP contribution in [0.2, 0.25) is 0 Å². The monoisotopic (exact) mass is 605 g/mol. The van der Waals surface area contributed by atoms with Gasteiger partial charge in [-0.2, -0.15) is 0 Å². The zero-order valence-corrected chi connectivity index (χ0v) is 26.2. The summed E-state index contributed by atoms with van der Waals surface area (Å²) >= 11 is 1.49. The quantitative estimate of drug-likeness (QED) is 0.248. The number of rotatable bonds is 10. The van der Waals surface area contributed by atoms with Crippen LogP contribution < -0.4 is 19.7 Å². The van der Waals surface area contributed by atoms with Gasteiger partial charge in [0, 0.05) is 30.9 Å². The number of nitrogens with one attached hydrogen (secondary N) is 1. The van der Waals surface area contributed by atoms with E-state index in [0.29, 0.717) is 30.1 Å². The van der Waals surface area contributed by atoms with E-state index in [-0.39, 0.29) is 17.7 Å². The van der Waals surface area contributed by atoms with E-state index in [4.69, 9.17) is 14.6 Å².